The maximum atomic E-state index is 12.9. The number of amides is 2. The molecule has 1 aliphatic rings. The van der Waals surface area contributed by atoms with Gasteiger partial charge in [0.1, 0.15) is 5.03 Å². The summed E-state index contributed by atoms with van der Waals surface area (Å²) in [4.78, 5) is 32.5. The number of benzene rings is 2. The second kappa shape index (κ2) is 7.78. The summed E-state index contributed by atoms with van der Waals surface area (Å²) >= 11 is 1.38. The van der Waals surface area contributed by atoms with Crippen LogP contribution in [-0.4, -0.2) is 23.3 Å². The number of aromatic nitrogens is 1. The van der Waals surface area contributed by atoms with Crippen molar-refractivity contribution in [1.82, 2.24) is 4.98 Å². The summed E-state index contributed by atoms with van der Waals surface area (Å²) in [6.07, 6.45) is 1.65. The van der Waals surface area contributed by atoms with Crippen LogP contribution in [0, 0.1) is 11.3 Å². The predicted octanol–water partition coefficient (Wildman–Crippen LogP) is 4.34. The fraction of sp³-hybridized carbons (Fsp3) is 0.0909. The number of hydrogen-bond donors (Lipinski definition) is 1. The fourth-order valence-corrected chi connectivity index (χ4v) is 4.16. The van der Waals surface area contributed by atoms with Crippen molar-refractivity contribution in [3.63, 3.8) is 0 Å². The Labute approximate surface area is 172 Å². The first-order chi connectivity index (χ1) is 14.1. The Morgan fingerprint density at radius 2 is 2.00 bits per heavy atom. The minimum Gasteiger partial charge on any atom is -0.322 e. The van der Waals surface area contributed by atoms with Crippen LogP contribution in [0.15, 0.2) is 70.7 Å². The zero-order valence-corrected chi connectivity index (χ0v) is 16.4. The molecule has 6 nitrogen and oxygen atoms in total. The molecule has 0 saturated heterocycles. The molecule has 4 rings (SSSR count). The van der Waals surface area contributed by atoms with Gasteiger partial charge < -0.3 is 10.2 Å². The normalized spacial score (nSPS) is 12.4. The molecule has 2 amide bonds. The lowest BCUT2D eigenvalue weighted by Gasteiger charge is -2.21. The highest BCUT2D eigenvalue weighted by molar-refractivity contribution is 7.99. The fourth-order valence-electron chi connectivity index (χ4n) is 3.10. The van der Waals surface area contributed by atoms with E-state index in [0.29, 0.717) is 33.9 Å². The molecule has 0 radical (unpaired) electrons. The van der Waals surface area contributed by atoms with Gasteiger partial charge in [-0.15, -0.1) is 0 Å². The third-order valence-electron chi connectivity index (χ3n) is 4.55. The Morgan fingerprint density at radius 1 is 1.21 bits per heavy atom. The zero-order valence-electron chi connectivity index (χ0n) is 15.5. The molecule has 0 aliphatic carbocycles. The molecule has 0 saturated carbocycles. The summed E-state index contributed by atoms with van der Waals surface area (Å²) in [5, 5.41) is 12.3. The monoisotopic (exact) mass is 400 g/mol. The van der Waals surface area contributed by atoms with E-state index >= 15 is 0 Å². The Bertz CT molecular complexity index is 1150. The Hall–Kier alpha value is -3.63. The van der Waals surface area contributed by atoms with E-state index in [-0.39, 0.29) is 11.8 Å². The smallest absolute Gasteiger partial charge is 0.261 e. The van der Waals surface area contributed by atoms with Gasteiger partial charge >= 0.3 is 0 Å². The summed E-state index contributed by atoms with van der Waals surface area (Å²) in [6, 6.07) is 17.5. The predicted molar refractivity (Wildman–Crippen MR) is 111 cm³/mol. The molecular formula is C22H16N4O2S. The Balaban J connectivity index is 1.67. The minimum atomic E-state index is -0.266. The number of fused-ring (bicyclic) bond motifs is 2. The van der Waals surface area contributed by atoms with Crippen LogP contribution >= 0.6 is 11.8 Å². The maximum absolute atomic E-state index is 12.9. The van der Waals surface area contributed by atoms with Crippen LogP contribution in [0.4, 0.5) is 11.4 Å². The van der Waals surface area contributed by atoms with Gasteiger partial charge in [-0.2, -0.15) is 5.26 Å². The molecule has 0 atom stereocenters. The van der Waals surface area contributed by atoms with Crippen LogP contribution in [0.2, 0.25) is 0 Å². The van der Waals surface area contributed by atoms with E-state index in [1.165, 1.54) is 11.8 Å². The van der Waals surface area contributed by atoms with Crippen LogP contribution in [-0.2, 0) is 0 Å². The zero-order chi connectivity index (χ0) is 20.4. The highest BCUT2D eigenvalue weighted by Gasteiger charge is 2.27. The quantitative estimate of drug-likeness (QED) is 0.707. The largest absolute Gasteiger partial charge is 0.322 e. The van der Waals surface area contributed by atoms with Gasteiger partial charge in [-0.1, -0.05) is 11.8 Å². The first-order valence-corrected chi connectivity index (χ1v) is 9.82. The molecule has 0 bridgehead atoms. The Morgan fingerprint density at radius 3 is 2.72 bits per heavy atom. The molecule has 7 heteroatoms. The standard InChI is InChI=1S/C22H16N4O2S/c1-2-26-18-10-7-15(20(27)25-16-8-5-14(13-23)6-9-16)12-19(18)29-21-17(22(26)28)4-3-11-24-21/h3-12H,2H2,1H3,(H,25,27). The van der Waals surface area contributed by atoms with Gasteiger partial charge in [0.25, 0.3) is 11.8 Å². The number of anilines is 2. The van der Waals surface area contributed by atoms with Crippen molar-refractivity contribution in [3.05, 3.63) is 77.5 Å². The van der Waals surface area contributed by atoms with E-state index in [1.54, 1.807) is 65.7 Å². The van der Waals surface area contributed by atoms with Gasteiger partial charge in [0.2, 0.25) is 0 Å². The van der Waals surface area contributed by atoms with E-state index < -0.39 is 0 Å². The number of rotatable bonds is 3. The molecule has 0 fully saturated rings. The van der Waals surface area contributed by atoms with Crippen molar-refractivity contribution >= 4 is 35.0 Å². The van der Waals surface area contributed by atoms with E-state index in [4.69, 9.17) is 5.26 Å². The second-order valence-corrected chi connectivity index (χ2v) is 7.36. The van der Waals surface area contributed by atoms with E-state index in [0.717, 1.165) is 10.6 Å². The average molecular weight is 400 g/mol. The minimum absolute atomic E-state index is 0.100. The van der Waals surface area contributed by atoms with Crippen molar-refractivity contribution in [3.8, 4) is 6.07 Å². The molecule has 142 valence electrons. The molecule has 3 aromatic rings. The van der Waals surface area contributed by atoms with Gasteiger partial charge in [0, 0.05) is 28.9 Å². The summed E-state index contributed by atoms with van der Waals surface area (Å²) in [6.45, 7) is 2.43. The summed E-state index contributed by atoms with van der Waals surface area (Å²) in [7, 11) is 0. The average Bonchev–Trinajstić information content (AvgIpc) is 2.87. The third kappa shape index (κ3) is 3.58. The molecule has 1 aromatic heterocycles. The van der Waals surface area contributed by atoms with Gasteiger partial charge in [0.15, 0.2) is 0 Å². The van der Waals surface area contributed by atoms with Crippen molar-refractivity contribution in [1.29, 1.82) is 5.26 Å². The molecular weight excluding hydrogens is 384 g/mol. The number of nitriles is 1. The highest BCUT2D eigenvalue weighted by Crippen LogP contribution is 2.40. The lowest BCUT2D eigenvalue weighted by Crippen LogP contribution is -2.30. The topological polar surface area (TPSA) is 86.1 Å². The van der Waals surface area contributed by atoms with Crippen LogP contribution in [0.3, 0.4) is 0 Å². The van der Waals surface area contributed by atoms with Crippen LogP contribution in [0.1, 0.15) is 33.2 Å². The summed E-state index contributed by atoms with van der Waals surface area (Å²) in [5.41, 5.74) is 2.92. The van der Waals surface area contributed by atoms with Crippen molar-refractivity contribution in [2.24, 2.45) is 0 Å². The summed E-state index contributed by atoms with van der Waals surface area (Å²) < 4.78 is 0. The van der Waals surface area contributed by atoms with Crippen LogP contribution in [0.5, 0.6) is 0 Å². The molecule has 0 unspecified atom stereocenters. The molecule has 1 N–H and O–H groups in total. The lowest BCUT2D eigenvalue weighted by atomic mass is 10.1. The number of carbonyl (C=O) groups excluding carboxylic acids is 2. The number of nitrogens with zero attached hydrogens (tertiary/aromatic N) is 3. The van der Waals surface area contributed by atoms with Gasteiger partial charge in [-0.3, -0.25) is 9.59 Å². The van der Waals surface area contributed by atoms with E-state index in [9.17, 15) is 9.59 Å². The van der Waals surface area contributed by atoms with Crippen LogP contribution < -0.4 is 10.2 Å². The molecule has 2 aromatic carbocycles. The van der Waals surface area contributed by atoms with Gasteiger partial charge in [-0.25, -0.2) is 4.98 Å². The number of hydrogen-bond acceptors (Lipinski definition) is 5. The number of carbonyl (C=O) groups is 2. The molecule has 1 aliphatic heterocycles. The first kappa shape index (κ1) is 18.7. The van der Waals surface area contributed by atoms with E-state index in [2.05, 4.69) is 10.3 Å². The highest BCUT2D eigenvalue weighted by atomic mass is 32.2. The SMILES string of the molecule is CCN1C(=O)c2cccnc2Sc2cc(C(=O)Nc3ccc(C#N)cc3)ccc21. The number of nitrogens with one attached hydrogen (secondary N) is 1. The maximum Gasteiger partial charge on any atom is 0.261 e. The summed E-state index contributed by atoms with van der Waals surface area (Å²) in [5.74, 6) is -0.366. The number of pyridine rings is 1. The second-order valence-electron chi connectivity index (χ2n) is 6.33. The van der Waals surface area contributed by atoms with Gasteiger partial charge in [0.05, 0.1) is 22.9 Å². The van der Waals surface area contributed by atoms with Gasteiger partial charge in [-0.05, 0) is 61.5 Å². The van der Waals surface area contributed by atoms with E-state index in [1.807, 2.05) is 13.0 Å². The molecule has 2 heterocycles. The van der Waals surface area contributed by atoms with Crippen molar-refractivity contribution < 1.29 is 9.59 Å². The third-order valence-corrected chi connectivity index (χ3v) is 5.62. The van der Waals surface area contributed by atoms with Crippen molar-refractivity contribution in [2.45, 2.75) is 16.8 Å². The first-order valence-electron chi connectivity index (χ1n) is 9.01. The Kier molecular flexibility index (Phi) is 5.02. The lowest BCUT2D eigenvalue weighted by molar-refractivity contribution is 0.0984. The molecule has 0 spiro atoms. The van der Waals surface area contributed by atoms with Crippen LogP contribution in [0.25, 0.3) is 0 Å². The molecule has 29 heavy (non-hydrogen) atoms. The van der Waals surface area contributed by atoms with Crippen molar-refractivity contribution in [2.75, 3.05) is 16.8 Å².